The zero-order valence-corrected chi connectivity index (χ0v) is 15.9. The summed E-state index contributed by atoms with van der Waals surface area (Å²) >= 11 is 0. The van der Waals surface area contributed by atoms with Crippen LogP contribution in [0.1, 0.15) is 69.2 Å². The Balaban J connectivity index is 1.89. The Labute approximate surface area is 155 Å². The van der Waals surface area contributed by atoms with Crippen molar-refractivity contribution in [1.82, 2.24) is 14.8 Å². The first-order chi connectivity index (χ1) is 12.7. The average molecular weight is 355 g/mol. The number of carbonyl (C=O) groups excluding carboxylic acids is 1. The molecule has 140 valence electrons. The number of hydrogen-bond acceptors (Lipinski definition) is 4. The number of rotatable bonds is 7. The lowest BCUT2D eigenvalue weighted by molar-refractivity contribution is 0.0784. The number of nitrogens with zero attached hydrogens (tertiary/aromatic N) is 3. The van der Waals surface area contributed by atoms with Gasteiger partial charge in [-0.25, -0.2) is 0 Å². The lowest BCUT2D eigenvalue weighted by Crippen LogP contribution is -2.25. The summed E-state index contributed by atoms with van der Waals surface area (Å²) < 4.78 is 7.16. The van der Waals surface area contributed by atoms with Gasteiger partial charge in [-0.05, 0) is 31.2 Å². The van der Waals surface area contributed by atoms with Gasteiger partial charge < -0.3 is 4.74 Å². The Morgan fingerprint density at radius 3 is 2.54 bits per heavy atom. The maximum Gasteiger partial charge on any atom is 0.336 e. The molecule has 26 heavy (non-hydrogen) atoms. The largest absolute Gasteiger partial charge is 0.462 e. The molecule has 5 heteroatoms. The quantitative estimate of drug-likeness (QED) is 0.662. The van der Waals surface area contributed by atoms with Crippen LogP contribution >= 0.6 is 0 Å². The topological polar surface area (TPSA) is 57.0 Å². The molecule has 5 nitrogen and oxygen atoms in total. The number of benzene rings is 1. The van der Waals surface area contributed by atoms with Gasteiger partial charge in [0.05, 0.1) is 6.61 Å². The van der Waals surface area contributed by atoms with E-state index in [0.29, 0.717) is 18.4 Å². The van der Waals surface area contributed by atoms with E-state index in [1.54, 1.807) is 0 Å². The molecule has 1 heterocycles. The van der Waals surface area contributed by atoms with Crippen molar-refractivity contribution < 1.29 is 9.53 Å². The normalized spacial score (nSPS) is 15.2. The van der Waals surface area contributed by atoms with E-state index in [-0.39, 0.29) is 11.8 Å². The van der Waals surface area contributed by atoms with Crippen molar-refractivity contribution >= 4 is 5.91 Å². The Kier molecular flexibility index (Phi) is 6.42. The van der Waals surface area contributed by atoms with Crippen LogP contribution in [-0.4, -0.2) is 27.3 Å². The number of aromatic nitrogens is 3. The standard InChI is InChI=1S/C21H29N3O2/c1-3-5-15-26-21-22-19(17-13-11-16(4-2)12-14-17)24(23-21)20(25)18-9-7-6-8-10-18/h11-14,18H,3-10,15H2,1-2H3. The zero-order valence-electron chi connectivity index (χ0n) is 15.9. The van der Waals surface area contributed by atoms with Crippen molar-refractivity contribution in [2.24, 2.45) is 5.92 Å². The molecule has 1 aromatic heterocycles. The van der Waals surface area contributed by atoms with Gasteiger partial charge in [-0.1, -0.05) is 63.8 Å². The Hall–Kier alpha value is -2.17. The van der Waals surface area contributed by atoms with E-state index >= 15 is 0 Å². The van der Waals surface area contributed by atoms with Gasteiger partial charge in [0, 0.05) is 11.5 Å². The molecule has 2 aromatic rings. The van der Waals surface area contributed by atoms with E-state index in [2.05, 4.69) is 36.1 Å². The van der Waals surface area contributed by atoms with E-state index in [1.807, 2.05) is 12.1 Å². The molecule has 0 amide bonds. The molecule has 0 bridgehead atoms. The van der Waals surface area contributed by atoms with Crippen molar-refractivity contribution in [2.75, 3.05) is 6.61 Å². The fourth-order valence-corrected chi connectivity index (χ4v) is 3.41. The molecule has 1 aliphatic rings. The maximum atomic E-state index is 13.1. The minimum Gasteiger partial charge on any atom is -0.462 e. The fraction of sp³-hybridized carbons (Fsp3) is 0.571. The van der Waals surface area contributed by atoms with Crippen LogP contribution in [0.3, 0.4) is 0 Å². The van der Waals surface area contributed by atoms with Gasteiger partial charge in [0.15, 0.2) is 5.82 Å². The molecule has 0 N–H and O–H groups in total. The third kappa shape index (κ3) is 4.32. The molecular weight excluding hydrogens is 326 g/mol. The maximum absolute atomic E-state index is 13.1. The van der Waals surface area contributed by atoms with Crippen LogP contribution in [0.5, 0.6) is 6.01 Å². The van der Waals surface area contributed by atoms with E-state index < -0.39 is 0 Å². The van der Waals surface area contributed by atoms with Crippen LogP contribution in [-0.2, 0) is 6.42 Å². The summed E-state index contributed by atoms with van der Waals surface area (Å²) in [5, 5.41) is 4.41. The SMILES string of the molecule is CCCCOc1nc(-c2ccc(CC)cc2)n(C(=O)C2CCCCC2)n1. The fourth-order valence-electron chi connectivity index (χ4n) is 3.41. The minimum atomic E-state index is 0.0441. The van der Waals surface area contributed by atoms with Gasteiger partial charge in [-0.2, -0.15) is 9.67 Å². The number of unbranched alkanes of at least 4 members (excludes halogenated alkanes) is 1. The molecule has 1 saturated carbocycles. The summed E-state index contributed by atoms with van der Waals surface area (Å²) in [7, 11) is 0. The third-order valence-electron chi connectivity index (χ3n) is 5.10. The molecule has 0 atom stereocenters. The summed E-state index contributed by atoms with van der Waals surface area (Å²) in [6, 6.07) is 8.50. The van der Waals surface area contributed by atoms with Crippen LogP contribution in [0.15, 0.2) is 24.3 Å². The van der Waals surface area contributed by atoms with Gasteiger partial charge in [0.25, 0.3) is 5.91 Å². The first kappa shape index (κ1) is 18.6. The molecule has 0 radical (unpaired) electrons. The number of carbonyl (C=O) groups is 1. The van der Waals surface area contributed by atoms with Crippen molar-refractivity contribution in [3.8, 4) is 17.4 Å². The third-order valence-corrected chi connectivity index (χ3v) is 5.10. The highest BCUT2D eigenvalue weighted by atomic mass is 16.5. The van der Waals surface area contributed by atoms with Crippen molar-refractivity contribution in [3.05, 3.63) is 29.8 Å². The predicted molar refractivity (Wildman–Crippen MR) is 102 cm³/mol. The van der Waals surface area contributed by atoms with Gasteiger partial charge in [0.2, 0.25) is 0 Å². The van der Waals surface area contributed by atoms with Crippen LogP contribution in [0.25, 0.3) is 11.4 Å². The predicted octanol–water partition coefficient (Wildman–Crippen LogP) is 4.91. The van der Waals surface area contributed by atoms with Gasteiger partial charge in [-0.15, -0.1) is 5.10 Å². The summed E-state index contributed by atoms with van der Waals surface area (Å²) in [5.74, 6) is 0.689. The van der Waals surface area contributed by atoms with E-state index in [1.165, 1.54) is 16.7 Å². The first-order valence-electron chi connectivity index (χ1n) is 9.96. The van der Waals surface area contributed by atoms with E-state index in [9.17, 15) is 4.79 Å². The second-order valence-corrected chi connectivity index (χ2v) is 7.06. The van der Waals surface area contributed by atoms with E-state index in [4.69, 9.17) is 4.74 Å². The molecule has 0 spiro atoms. The number of ether oxygens (including phenoxy) is 1. The summed E-state index contributed by atoms with van der Waals surface area (Å²) in [6.45, 7) is 4.82. The highest BCUT2D eigenvalue weighted by Crippen LogP contribution is 2.28. The number of hydrogen-bond donors (Lipinski definition) is 0. The summed E-state index contributed by atoms with van der Waals surface area (Å²) in [5.41, 5.74) is 2.17. The lowest BCUT2D eigenvalue weighted by atomic mass is 9.88. The molecule has 1 aromatic carbocycles. The van der Waals surface area contributed by atoms with Crippen LogP contribution in [0, 0.1) is 5.92 Å². The Morgan fingerprint density at radius 2 is 1.88 bits per heavy atom. The molecule has 0 saturated heterocycles. The second kappa shape index (κ2) is 8.97. The molecule has 1 fully saturated rings. The Bertz CT molecular complexity index is 715. The molecule has 0 aliphatic heterocycles. The lowest BCUT2D eigenvalue weighted by Gasteiger charge is -2.20. The van der Waals surface area contributed by atoms with Crippen molar-refractivity contribution in [1.29, 1.82) is 0 Å². The molecule has 0 unspecified atom stereocenters. The van der Waals surface area contributed by atoms with Gasteiger partial charge >= 0.3 is 6.01 Å². The van der Waals surface area contributed by atoms with Crippen LogP contribution in [0.4, 0.5) is 0 Å². The van der Waals surface area contributed by atoms with Crippen molar-refractivity contribution in [2.45, 2.75) is 65.2 Å². The molecule has 1 aliphatic carbocycles. The monoisotopic (exact) mass is 355 g/mol. The summed E-state index contributed by atoms with van der Waals surface area (Å²) in [6.07, 6.45) is 8.32. The second-order valence-electron chi connectivity index (χ2n) is 7.06. The average Bonchev–Trinajstić information content (AvgIpc) is 3.12. The first-order valence-corrected chi connectivity index (χ1v) is 9.96. The van der Waals surface area contributed by atoms with Crippen molar-refractivity contribution in [3.63, 3.8) is 0 Å². The smallest absolute Gasteiger partial charge is 0.336 e. The summed E-state index contributed by atoms with van der Waals surface area (Å²) in [4.78, 5) is 17.6. The van der Waals surface area contributed by atoms with E-state index in [0.717, 1.165) is 50.5 Å². The van der Waals surface area contributed by atoms with Crippen LogP contribution in [0.2, 0.25) is 0 Å². The highest BCUT2D eigenvalue weighted by Gasteiger charge is 2.27. The van der Waals surface area contributed by atoms with Gasteiger partial charge in [-0.3, -0.25) is 4.79 Å². The molecular formula is C21H29N3O2. The van der Waals surface area contributed by atoms with Gasteiger partial charge in [0.1, 0.15) is 0 Å². The minimum absolute atomic E-state index is 0.0441. The molecule has 3 rings (SSSR count). The highest BCUT2D eigenvalue weighted by molar-refractivity contribution is 5.84. The van der Waals surface area contributed by atoms with Crippen LogP contribution < -0.4 is 4.74 Å². The zero-order chi connectivity index (χ0) is 18.4. The number of aryl methyl sites for hydroxylation is 1. The Morgan fingerprint density at radius 1 is 1.15 bits per heavy atom.